The molecule has 3 heterocycles. The Morgan fingerprint density at radius 2 is 2.09 bits per heavy atom. The molecule has 2 aromatic rings. The van der Waals surface area contributed by atoms with Crippen molar-refractivity contribution < 1.29 is 18.0 Å². The number of carbonyl (C=O) groups excluding carboxylic acids is 1. The fourth-order valence-corrected chi connectivity index (χ4v) is 4.51. The molecule has 0 radical (unpaired) electrons. The molecule has 0 bridgehead atoms. The highest BCUT2D eigenvalue weighted by molar-refractivity contribution is 5.94. The lowest BCUT2D eigenvalue weighted by Crippen LogP contribution is -2.49. The van der Waals surface area contributed by atoms with Crippen LogP contribution < -0.4 is 15.5 Å². The number of carbonyl (C=O) groups is 1. The van der Waals surface area contributed by atoms with E-state index in [1.54, 1.807) is 6.07 Å². The molecule has 1 amide bonds. The van der Waals surface area contributed by atoms with Crippen LogP contribution in [0.1, 0.15) is 63.5 Å². The van der Waals surface area contributed by atoms with Gasteiger partial charge in [0.2, 0.25) is 5.91 Å². The van der Waals surface area contributed by atoms with Crippen LogP contribution in [0, 0.1) is 5.92 Å². The van der Waals surface area contributed by atoms with Gasteiger partial charge in [-0.1, -0.05) is 20.3 Å². The standard InChI is InChI=1S/C25H32F3N5O/c1-4-15(2)22-19(8-9-30-23(22)32-24(34)17-6-5-7-17)20-12-18(25(26,27)28)13-21(31-20)33-11-10-29-16(3)14-33/h8-9,12-13,15-17,29H,4-7,10-11,14H2,1-3H3,(H,30,32,34). The quantitative estimate of drug-likeness (QED) is 0.600. The number of piperazine rings is 1. The van der Waals surface area contributed by atoms with E-state index in [4.69, 9.17) is 4.98 Å². The normalized spacial score (nSPS) is 20.1. The smallest absolute Gasteiger partial charge is 0.354 e. The van der Waals surface area contributed by atoms with Gasteiger partial charge in [0.15, 0.2) is 0 Å². The first-order valence-electron chi connectivity index (χ1n) is 12.0. The third-order valence-corrected chi connectivity index (χ3v) is 6.92. The summed E-state index contributed by atoms with van der Waals surface area (Å²) in [6.45, 7) is 7.83. The number of anilines is 2. The molecule has 2 aliphatic rings. The van der Waals surface area contributed by atoms with Gasteiger partial charge < -0.3 is 15.5 Å². The first kappa shape index (κ1) is 24.4. The van der Waals surface area contributed by atoms with E-state index in [1.807, 2.05) is 25.7 Å². The number of hydrogen-bond donors (Lipinski definition) is 2. The van der Waals surface area contributed by atoms with E-state index < -0.39 is 11.7 Å². The summed E-state index contributed by atoms with van der Waals surface area (Å²) in [4.78, 5) is 23.6. The summed E-state index contributed by atoms with van der Waals surface area (Å²) < 4.78 is 41.7. The molecule has 1 aliphatic heterocycles. The van der Waals surface area contributed by atoms with Gasteiger partial charge in [-0.3, -0.25) is 4.79 Å². The average Bonchev–Trinajstić information content (AvgIpc) is 2.76. The second kappa shape index (κ2) is 9.90. The van der Waals surface area contributed by atoms with Crippen LogP contribution in [-0.4, -0.2) is 41.6 Å². The molecule has 1 saturated heterocycles. The van der Waals surface area contributed by atoms with Crippen LogP contribution in [0.5, 0.6) is 0 Å². The summed E-state index contributed by atoms with van der Waals surface area (Å²) >= 11 is 0. The van der Waals surface area contributed by atoms with Crippen LogP contribution in [0.15, 0.2) is 24.4 Å². The Labute approximate surface area is 198 Å². The number of aromatic nitrogens is 2. The fourth-order valence-electron chi connectivity index (χ4n) is 4.51. The zero-order chi connectivity index (χ0) is 24.5. The van der Waals surface area contributed by atoms with Gasteiger partial charge in [0.1, 0.15) is 11.6 Å². The maximum Gasteiger partial charge on any atom is 0.416 e. The van der Waals surface area contributed by atoms with Crippen LogP contribution in [0.3, 0.4) is 0 Å². The molecule has 34 heavy (non-hydrogen) atoms. The van der Waals surface area contributed by atoms with Crippen LogP contribution in [0.25, 0.3) is 11.3 Å². The van der Waals surface area contributed by atoms with E-state index in [9.17, 15) is 18.0 Å². The van der Waals surface area contributed by atoms with Gasteiger partial charge in [0.25, 0.3) is 0 Å². The molecule has 2 aromatic heterocycles. The maximum absolute atomic E-state index is 13.9. The van der Waals surface area contributed by atoms with Crippen molar-refractivity contribution in [2.24, 2.45) is 5.92 Å². The van der Waals surface area contributed by atoms with Gasteiger partial charge in [0.05, 0.1) is 11.3 Å². The van der Waals surface area contributed by atoms with Crippen molar-refractivity contribution in [2.45, 2.75) is 64.6 Å². The number of rotatable bonds is 6. The highest BCUT2D eigenvalue weighted by Gasteiger charge is 2.34. The SMILES string of the molecule is CCC(C)c1c(-c2cc(C(F)(F)F)cc(N3CCNC(C)C3)n2)ccnc1NC(=O)C1CCC1. The molecule has 0 aromatic carbocycles. The highest BCUT2D eigenvalue weighted by atomic mass is 19.4. The molecule has 2 unspecified atom stereocenters. The molecule has 2 atom stereocenters. The Balaban J connectivity index is 1.81. The second-order valence-electron chi connectivity index (χ2n) is 9.45. The van der Waals surface area contributed by atoms with Crippen LogP contribution >= 0.6 is 0 Å². The van der Waals surface area contributed by atoms with Crippen LogP contribution in [-0.2, 0) is 11.0 Å². The number of nitrogens with zero attached hydrogens (tertiary/aromatic N) is 3. The topological polar surface area (TPSA) is 70.2 Å². The molecule has 1 aliphatic carbocycles. The first-order chi connectivity index (χ1) is 16.2. The zero-order valence-electron chi connectivity index (χ0n) is 19.9. The number of hydrogen-bond acceptors (Lipinski definition) is 5. The number of pyridine rings is 2. The summed E-state index contributed by atoms with van der Waals surface area (Å²) in [5, 5.41) is 6.26. The lowest BCUT2D eigenvalue weighted by Gasteiger charge is -2.33. The van der Waals surface area contributed by atoms with Crippen molar-refractivity contribution in [2.75, 3.05) is 29.9 Å². The van der Waals surface area contributed by atoms with Crippen molar-refractivity contribution in [3.8, 4) is 11.3 Å². The molecule has 6 nitrogen and oxygen atoms in total. The largest absolute Gasteiger partial charge is 0.416 e. The molecule has 1 saturated carbocycles. The third kappa shape index (κ3) is 5.19. The van der Waals surface area contributed by atoms with Gasteiger partial charge in [-0.15, -0.1) is 0 Å². The lowest BCUT2D eigenvalue weighted by molar-refractivity contribution is -0.137. The van der Waals surface area contributed by atoms with E-state index in [0.717, 1.165) is 43.4 Å². The molecular weight excluding hydrogens is 443 g/mol. The Morgan fingerprint density at radius 3 is 2.71 bits per heavy atom. The van der Waals surface area contributed by atoms with Crippen molar-refractivity contribution in [3.63, 3.8) is 0 Å². The molecule has 0 spiro atoms. The predicted octanol–water partition coefficient (Wildman–Crippen LogP) is 5.21. The van der Waals surface area contributed by atoms with Crippen molar-refractivity contribution in [3.05, 3.63) is 35.5 Å². The molecule has 184 valence electrons. The summed E-state index contributed by atoms with van der Waals surface area (Å²) in [5.41, 5.74) is 0.812. The first-order valence-corrected chi connectivity index (χ1v) is 12.0. The summed E-state index contributed by atoms with van der Waals surface area (Å²) in [6, 6.07) is 4.09. The Kier molecular flexibility index (Phi) is 7.12. The number of alkyl halides is 3. The van der Waals surface area contributed by atoms with Gasteiger partial charge in [0, 0.05) is 48.9 Å². The number of amides is 1. The summed E-state index contributed by atoms with van der Waals surface area (Å²) in [7, 11) is 0. The Hall–Kier alpha value is -2.68. The average molecular weight is 476 g/mol. The zero-order valence-corrected chi connectivity index (χ0v) is 19.9. The highest BCUT2D eigenvalue weighted by Crippen LogP contribution is 2.39. The summed E-state index contributed by atoms with van der Waals surface area (Å²) in [5.74, 6) is 0.598. The minimum absolute atomic E-state index is 0.0248. The minimum atomic E-state index is -4.50. The Bertz CT molecular complexity index is 1040. The van der Waals surface area contributed by atoms with Crippen molar-refractivity contribution in [1.82, 2.24) is 15.3 Å². The van der Waals surface area contributed by atoms with Crippen LogP contribution in [0.4, 0.5) is 24.8 Å². The van der Waals surface area contributed by atoms with E-state index in [-0.39, 0.29) is 29.5 Å². The predicted molar refractivity (Wildman–Crippen MR) is 127 cm³/mol. The molecular formula is C25H32F3N5O. The van der Waals surface area contributed by atoms with E-state index in [0.29, 0.717) is 36.8 Å². The minimum Gasteiger partial charge on any atom is -0.354 e. The summed E-state index contributed by atoms with van der Waals surface area (Å²) in [6.07, 6.45) is 0.512. The van der Waals surface area contributed by atoms with E-state index in [1.165, 1.54) is 6.20 Å². The van der Waals surface area contributed by atoms with Crippen molar-refractivity contribution in [1.29, 1.82) is 0 Å². The number of halogens is 3. The Morgan fingerprint density at radius 1 is 1.32 bits per heavy atom. The fraction of sp³-hybridized carbons (Fsp3) is 0.560. The van der Waals surface area contributed by atoms with E-state index >= 15 is 0 Å². The van der Waals surface area contributed by atoms with Gasteiger partial charge in [-0.05, 0) is 50.3 Å². The molecule has 2 fully saturated rings. The van der Waals surface area contributed by atoms with Gasteiger partial charge in [-0.2, -0.15) is 13.2 Å². The molecule has 9 heteroatoms. The number of nitrogens with one attached hydrogen (secondary N) is 2. The van der Waals surface area contributed by atoms with Gasteiger partial charge >= 0.3 is 6.18 Å². The second-order valence-corrected chi connectivity index (χ2v) is 9.45. The lowest BCUT2D eigenvalue weighted by atomic mass is 9.84. The molecule has 2 N–H and O–H groups in total. The maximum atomic E-state index is 13.9. The molecule has 4 rings (SSSR count). The van der Waals surface area contributed by atoms with Crippen molar-refractivity contribution >= 4 is 17.5 Å². The van der Waals surface area contributed by atoms with Crippen LogP contribution in [0.2, 0.25) is 0 Å². The monoisotopic (exact) mass is 475 g/mol. The van der Waals surface area contributed by atoms with E-state index in [2.05, 4.69) is 15.6 Å². The third-order valence-electron chi connectivity index (χ3n) is 6.92. The van der Waals surface area contributed by atoms with Gasteiger partial charge in [-0.25, -0.2) is 9.97 Å².